The fourth-order valence-electron chi connectivity index (χ4n) is 2.31. The van der Waals surface area contributed by atoms with Crippen molar-refractivity contribution in [3.8, 4) is 5.75 Å². The summed E-state index contributed by atoms with van der Waals surface area (Å²) in [5.41, 5.74) is 8.13. The Labute approximate surface area is 138 Å². The van der Waals surface area contributed by atoms with E-state index in [9.17, 15) is 5.11 Å². The number of rotatable bonds is 7. The molecule has 0 heterocycles. The number of aliphatic hydroxyl groups excluding tert-OH is 1. The molecule has 0 radical (unpaired) electrons. The van der Waals surface area contributed by atoms with Crippen molar-refractivity contribution >= 4 is 12.4 Å². The van der Waals surface area contributed by atoms with Crippen LogP contribution >= 0.6 is 12.4 Å². The largest absolute Gasteiger partial charge is 0.489 e. The molecule has 0 aliphatic heterocycles. The number of nitrogens with two attached hydrogens (primary N) is 1. The predicted molar refractivity (Wildman–Crippen MR) is 92.3 cm³/mol. The summed E-state index contributed by atoms with van der Waals surface area (Å²) in [5.74, 6) is 0.740. The molecule has 0 aromatic heterocycles. The summed E-state index contributed by atoms with van der Waals surface area (Å²) in [6.45, 7) is 2.53. The van der Waals surface area contributed by atoms with Crippen LogP contribution in [0.2, 0.25) is 0 Å². The van der Waals surface area contributed by atoms with Gasteiger partial charge in [-0.3, -0.25) is 0 Å². The Balaban J connectivity index is 0.00000242. The zero-order valence-corrected chi connectivity index (χ0v) is 13.6. The van der Waals surface area contributed by atoms with E-state index in [1.807, 2.05) is 61.5 Å². The van der Waals surface area contributed by atoms with E-state index in [2.05, 4.69) is 0 Å². The maximum absolute atomic E-state index is 10.1. The first-order chi connectivity index (χ1) is 10.2. The monoisotopic (exact) mass is 321 g/mol. The second-order valence-corrected chi connectivity index (χ2v) is 5.19. The lowest BCUT2D eigenvalue weighted by molar-refractivity contribution is 0.132. The third-order valence-electron chi connectivity index (χ3n) is 3.51. The number of aliphatic hydroxyl groups is 1. The number of hydrogen-bond acceptors (Lipinski definition) is 3. The molecule has 0 saturated heterocycles. The second-order valence-electron chi connectivity index (χ2n) is 5.19. The van der Waals surface area contributed by atoms with E-state index >= 15 is 0 Å². The van der Waals surface area contributed by atoms with Gasteiger partial charge in [0, 0.05) is 5.56 Å². The molecule has 0 fully saturated rings. The van der Waals surface area contributed by atoms with Gasteiger partial charge in [-0.2, -0.15) is 0 Å². The Morgan fingerprint density at radius 1 is 1.05 bits per heavy atom. The van der Waals surface area contributed by atoms with Crippen molar-refractivity contribution in [2.75, 3.05) is 0 Å². The van der Waals surface area contributed by atoms with Crippen LogP contribution < -0.4 is 10.5 Å². The average molecular weight is 322 g/mol. The van der Waals surface area contributed by atoms with Crippen LogP contribution in [0.5, 0.6) is 5.75 Å². The number of hydrogen-bond donors (Lipinski definition) is 2. The molecule has 0 spiro atoms. The van der Waals surface area contributed by atoms with Crippen molar-refractivity contribution in [1.82, 2.24) is 0 Å². The molecule has 0 saturated carbocycles. The molecule has 4 heteroatoms. The summed E-state index contributed by atoms with van der Waals surface area (Å²) in [7, 11) is 0. The van der Waals surface area contributed by atoms with Crippen LogP contribution in [0, 0.1) is 0 Å². The molecule has 2 aromatic rings. The molecule has 120 valence electrons. The zero-order chi connectivity index (χ0) is 15.1. The molecule has 2 rings (SSSR count). The molecule has 3 nitrogen and oxygen atoms in total. The fourth-order valence-corrected chi connectivity index (χ4v) is 2.31. The van der Waals surface area contributed by atoms with Gasteiger partial charge in [0.15, 0.2) is 0 Å². The van der Waals surface area contributed by atoms with Gasteiger partial charge < -0.3 is 15.6 Å². The smallest absolute Gasteiger partial charge is 0.124 e. The summed E-state index contributed by atoms with van der Waals surface area (Å²) >= 11 is 0. The molecule has 2 aromatic carbocycles. The predicted octanol–water partition coefficient (Wildman–Crippen LogP) is 3.85. The van der Waals surface area contributed by atoms with Gasteiger partial charge >= 0.3 is 0 Å². The molecular weight excluding hydrogens is 298 g/mol. The molecule has 0 bridgehead atoms. The molecular formula is C18H24ClNO2. The maximum atomic E-state index is 10.1. The lowest BCUT2D eigenvalue weighted by Gasteiger charge is -2.21. The lowest BCUT2D eigenvalue weighted by Crippen LogP contribution is -2.26. The van der Waals surface area contributed by atoms with Crippen molar-refractivity contribution in [3.63, 3.8) is 0 Å². The summed E-state index contributed by atoms with van der Waals surface area (Å²) in [5, 5.41) is 10.1. The standard InChI is InChI=1S/C18H23NO2.ClH/c1-2-8-16(20)18(19)15-11-6-7-12-17(15)21-13-14-9-4-3-5-10-14;/h3-7,9-12,16,18,20H,2,8,13,19H2,1H3;1H/t16-,18+;/m0./s1. The van der Waals surface area contributed by atoms with E-state index in [0.717, 1.165) is 23.3 Å². The Kier molecular flexibility index (Phi) is 7.96. The Morgan fingerprint density at radius 3 is 2.36 bits per heavy atom. The van der Waals surface area contributed by atoms with Crippen molar-refractivity contribution in [2.45, 2.75) is 38.5 Å². The minimum absolute atomic E-state index is 0. The number of benzene rings is 2. The normalized spacial score (nSPS) is 13.0. The number of ether oxygens (including phenoxy) is 1. The quantitative estimate of drug-likeness (QED) is 0.814. The van der Waals surface area contributed by atoms with Gasteiger partial charge in [-0.05, 0) is 18.1 Å². The van der Waals surface area contributed by atoms with Gasteiger partial charge in [-0.25, -0.2) is 0 Å². The van der Waals surface area contributed by atoms with Gasteiger partial charge in [0.05, 0.1) is 12.1 Å². The van der Waals surface area contributed by atoms with Crippen molar-refractivity contribution in [1.29, 1.82) is 0 Å². The van der Waals surface area contributed by atoms with Crippen LogP contribution in [0.25, 0.3) is 0 Å². The Hall–Kier alpha value is -1.55. The molecule has 3 N–H and O–H groups in total. The molecule has 22 heavy (non-hydrogen) atoms. The first-order valence-corrected chi connectivity index (χ1v) is 7.41. The van der Waals surface area contributed by atoms with Gasteiger partial charge in [-0.15, -0.1) is 12.4 Å². The summed E-state index contributed by atoms with van der Waals surface area (Å²) < 4.78 is 5.88. The third-order valence-corrected chi connectivity index (χ3v) is 3.51. The van der Waals surface area contributed by atoms with Gasteiger partial charge in [-0.1, -0.05) is 61.9 Å². The van der Waals surface area contributed by atoms with E-state index < -0.39 is 12.1 Å². The van der Waals surface area contributed by atoms with Crippen LogP contribution in [-0.4, -0.2) is 11.2 Å². The highest BCUT2D eigenvalue weighted by Crippen LogP contribution is 2.27. The van der Waals surface area contributed by atoms with E-state index in [1.165, 1.54) is 0 Å². The van der Waals surface area contributed by atoms with E-state index in [1.54, 1.807) is 0 Å². The Bertz CT molecular complexity index is 548. The van der Waals surface area contributed by atoms with E-state index in [4.69, 9.17) is 10.5 Å². The van der Waals surface area contributed by atoms with Gasteiger partial charge in [0.25, 0.3) is 0 Å². The highest BCUT2D eigenvalue weighted by atomic mass is 35.5. The molecule has 0 aliphatic carbocycles. The van der Waals surface area contributed by atoms with Crippen LogP contribution in [0.15, 0.2) is 54.6 Å². The number of halogens is 1. The van der Waals surface area contributed by atoms with E-state index in [0.29, 0.717) is 13.0 Å². The summed E-state index contributed by atoms with van der Waals surface area (Å²) in [6.07, 6.45) is 1.05. The second kappa shape index (κ2) is 9.46. The highest BCUT2D eigenvalue weighted by molar-refractivity contribution is 5.85. The molecule has 2 atom stereocenters. The van der Waals surface area contributed by atoms with Crippen molar-refractivity contribution in [3.05, 3.63) is 65.7 Å². The van der Waals surface area contributed by atoms with Gasteiger partial charge in [0.1, 0.15) is 12.4 Å². The first-order valence-electron chi connectivity index (χ1n) is 7.41. The third kappa shape index (κ3) is 5.02. The lowest BCUT2D eigenvalue weighted by atomic mass is 9.98. The minimum atomic E-state index is -0.545. The van der Waals surface area contributed by atoms with E-state index in [-0.39, 0.29) is 12.4 Å². The summed E-state index contributed by atoms with van der Waals surface area (Å²) in [4.78, 5) is 0. The van der Waals surface area contributed by atoms with Crippen LogP contribution in [0.1, 0.15) is 36.9 Å². The van der Waals surface area contributed by atoms with Crippen LogP contribution in [0.3, 0.4) is 0 Å². The van der Waals surface area contributed by atoms with Crippen molar-refractivity contribution < 1.29 is 9.84 Å². The fraction of sp³-hybridized carbons (Fsp3) is 0.333. The van der Waals surface area contributed by atoms with Gasteiger partial charge in [0.2, 0.25) is 0 Å². The van der Waals surface area contributed by atoms with Crippen molar-refractivity contribution in [2.24, 2.45) is 5.73 Å². The molecule has 0 aliphatic rings. The minimum Gasteiger partial charge on any atom is -0.489 e. The average Bonchev–Trinajstić information content (AvgIpc) is 2.54. The maximum Gasteiger partial charge on any atom is 0.124 e. The SMILES string of the molecule is CCC[C@H](O)[C@H](N)c1ccccc1OCc1ccccc1.Cl. The Morgan fingerprint density at radius 2 is 1.68 bits per heavy atom. The highest BCUT2D eigenvalue weighted by Gasteiger charge is 2.19. The number of para-hydroxylation sites is 1. The molecule has 0 amide bonds. The van der Waals surface area contributed by atoms with Crippen LogP contribution in [-0.2, 0) is 6.61 Å². The molecule has 0 unspecified atom stereocenters. The topological polar surface area (TPSA) is 55.5 Å². The summed E-state index contributed by atoms with van der Waals surface area (Å²) in [6, 6.07) is 17.2. The van der Waals surface area contributed by atoms with Crippen LogP contribution in [0.4, 0.5) is 0 Å². The zero-order valence-electron chi connectivity index (χ0n) is 12.8. The first kappa shape index (κ1) is 18.5.